The molecule has 0 bridgehead atoms. The summed E-state index contributed by atoms with van der Waals surface area (Å²) in [6, 6.07) is 4.35. The maximum Gasteiger partial charge on any atom is 0.137 e. The van der Waals surface area contributed by atoms with Crippen LogP contribution < -0.4 is 5.73 Å². The third kappa shape index (κ3) is 1.48. The number of nitrogens with zero attached hydrogens (tertiary/aromatic N) is 2. The van der Waals surface area contributed by atoms with Gasteiger partial charge in [0.15, 0.2) is 0 Å². The van der Waals surface area contributed by atoms with E-state index in [0.717, 1.165) is 29.4 Å². The molecule has 1 aliphatic rings. The molecule has 2 N–H and O–H groups in total. The highest BCUT2D eigenvalue weighted by Crippen LogP contribution is 2.23. The van der Waals surface area contributed by atoms with Gasteiger partial charge in [-0.2, -0.15) is 0 Å². The van der Waals surface area contributed by atoms with E-state index in [-0.39, 0.29) is 6.04 Å². The van der Waals surface area contributed by atoms with E-state index in [2.05, 4.69) is 31.5 Å². The van der Waals surface area contributed by atoms with Crippen molar-refractivity contribution in [3.8, 4) is 0 Å². The summed E-state index contributed by atoms with van der Waals surface area (Å²) in [6.07, 6.45) is 5.07. The van der Waals surface area contributed by atoms with Crippen molar-refractivity contribution < 1.29 is 0 Å². The van der Waals surface area contributed by atoms with Gasteiger partial charge < -0.3 is 10.1 Å². The molecule has 0 aliphatic heterocycles. The van der Waals surface area contributed by atoms with Gasteiger partial charge in [-0.1, -0.05) is 0 Å². The minimum atomic E-state index is 0.288. The van der Waals surface area contributed by atoms with Gasteiger partial charge >= 0.3 is 0 Å². The largest absolute Gasteiger partial charge is 0.327 e. The van der Waals surface area contributed by atoms with Crippen molar-refractivity contribution in [2.75, 3.05) is 0 Å². The molecule has 0 fully saturated rings. The lowest BCUT2D eigenvalue weighted by Gasteiger charge is -2.17. The highest BCUT2D eigenvalue weighted by molar-refractivity contribution is 9.10. The van der Waals surface area contributed by atoms with Crippen LogP contribution in [0.5, 0.6) is 0 Å². The second-order valence-corrected chi connectivity index (χ2v) is 5.00. The van der Waals surface area contributed by atoms with Crippen LogP contribution in [0.25, 0.3) is 5.65 Å². The molecule has 3 rings (SSSR count). The second-order valence-electron chi connectivity index (χ2n) is 4.08. The first-order valence-electron chi connectivity index (χ1n) is 5.15. The monoisotopic (exact) mass is 265 g/mol. The molecule has 78 valence electrons. The van der Waals surface area contributed by atoms with Crippen LogP contribution in [0.3, 0.4) is 0 Å². The Kier molecular flexibility index (Phi) is 2.07. The van der Waals surface area contributed by atoms with Crippen LogP contribution in [-0.4, -0.2) is 15.4 Å². The molecule has 1 unspecified atom stereocenters. The first-order chi connectivity index (χ1) is 7.24. The Morgan fingerprint density at radius 1 is 1.47 bits per heavy atom. The number of nitrogens with two attached hydrogens (primary N) is 1. The van der Waals surface area contributed by atoms with Gasteiger partial charge in [0.05, 0.1) is 5.69 Å². The third-order valence-electron chi connectivity index (χ3n) is 2.97. The Labute approximate surface area is 96.4 Å². The van der Waals surface area contributed by atoms with Crippen molar-refractivity contribution in [2.24, 2.45) is 5.73 Å². The molecule has 2 aromatic rings. The van der Waals surface area contributed by atoms with E-state index < -0.39 is 0 Å². The molecule has 2 heterocycles. The molecule has 0 saturated carbocycles. The van der Waals surface area contributed by atoms with E-state index >= 15 is 0 Å². The standard InChI is InChI=1S/C11H12BrN3/c12-7-1-4-11-14-9-3-2-8(13)5-10(9)15(11)6-7/h1,4,6,8H,2-3,5,13H2. The van der Waals surface area contributed by atoms with E-state index in [1.54, 1.807) is 0 Å². The molecule has 15 heavy (non-hydrogen) atoms. The minimum absolute atomic E-state index is 0.288. The van der Waals surface area contributed by atoms with Crippen molar-refractivity contribution >= 4 is 21.6 Å². The van der Waals surface area contributed by atoms with Crippen molar-refractivity contribution in [1.82, 2.24) is 9.38 Å². The number of aryl methyl sites for hydroxylation is 1. The van der Waals surface area contributed by atoms with Crippen LogP contribution >= 0.6 is 15.9 Å². The van der Waals surface area contributed by atoms with E-state index in [1.807, 2.05) is 12.1 Å². The Hall–Kier alpha value is -0.870. The summed E-state index contributed by atoms with van der Waals surface area (Å²) >= 11 is 3.48. The molecule has 0 spiro atoms. The first kappa shape index (κ1) is 9.36. The molecule has 0 aromatic carbocycles. The zero-order valence-corrected chi connectivity index (χ0v) is 9.87. The number of halogens is 1. The van der Waals surface area contributed by atoms with Crippen molar-refractivity contribution in [3.63, 3.8) is 0 Å². The molecular weight excluding hydrogens is 254 g/mol. The van der Waals surface area contributed by atoms with Crippen LogP contribution in [0.2, 0.25) is 0 Å². The summed E-state index contributed by atoms with van der Waals surface area (Å²) < 4.78 is 3.23. The molecule has 0 amide bonds. The molecule has 3 nitrogen and oxygen atoms in total. The highest BCUT2D eigenvalue weighted by Gasteiger charge is 2.20. The normalized spacial score (nSPS) is 20.5. The highest BCUT2D eigenvalue weighted by atomic mass is 79.9. The number of rotatable bonds is 0. The average molecular weight is 266 g/mol. The Morgan fingerprint density at radius 3 is 3.20 bits per heavy atom. The zero-order valence-electron chi connectivity index (χ0n) is 8.28. The lowest BCUT2D eigenvalue weighted by atomic mass is 9.97. The van der Waals surface area contributed by atoms with Gasteiger partial charge in [0, 0.05) is 28.8 Å². The fourth-order valence-corrected chi connectivity index (χ4v) is 2.54. The summed E-state index contributed by atoms with van der Waals surface area (Å²) in [5.74, 6) is 0. The van der Waals surface area contributed by atoms with Gasteiger partial charge in [-0.25, -0.2) is 4.98 Å². The Bertz CT molecular complexity index is 518. The maximum absolute atomic E-state index is 5.99. The van der Waals surface area contributed by atoms with Gasteiger partial charge in [-0.3, -0.25) is 0 Å². The fraction of sp³-hybridized carbons (Fsp3) is 0.364. The topological polar surface area (TPSA) is 43.3 Å². The quantitative estimate of drug-likeness (QED) is 0.791. The molecule has 0 saturated heterocycles. The van der Waals surface area contributed by atoms with Crippen LogP contribution in [0.1, 0.15) is 17.8 Å². The van der Waals surface area contributed by atoms with Crippen LogP contribution in [0.4, 0.5) is 0 Å². The van der Waals surface area contributed by atoms with E-state index in [9.17, 15) is 0 Å². The lowest BCUT2D eigenvalue weighted by Crippen LogP contribution is -2.28. The summed E-state index contributed by atoms with van der Waals surface area (Å²) in [5, 5.41) is 0. The third-order valence-corrected chi connectivity index (χ3v) is 3.44. The van der Waals surface area contributed by atoms with Gasteiger partial charge in [-0.05, 0) is 40.9 Å². The van der Waals surface area contributed by atoms with Crippen molar-refractivity contribution in [2.45, 2.75) is 25.3 Å². The van der Waals surface area contributed by atoms with Gasteiger partial charge in [0.25, 0.3) is 0 Å². The predicted octanol–water partition coefficient (Wildman–Crippen LogP) is 1.91. The maximum atomic E-state index is 5.99. The number of pyridine rings is 1. The van der Waals surface area contributed by atoms with Gasteiger partial charge in [0.2, 0.25) is 0 Å². The smallest absolute Gasteiger partial charge is 0.137 e. The van der Waals surface area contributed by atoms with Crippen molar-refractivity contribution in [3.05, 3.63) is 34.2 Å². The predicted molar refractivity (Wildman–Crippen MR) is 62.9 cm³/mol. The molecule has 4 heteroatoms. The molecule has 1 aliphatic carbocycles. The van der Waals surface area contributed by atoms with E-state index in [1.165, 1.54) is 11.4 Å². The first-order valence-corrected chi connectivity index (χ1v) is 5.94. The fourth-order valence-electron chi connectivity index (χ4n) is 2.20. The second kappa shape index (κ2) is 3.32. The number of aromatic nitrogens is 2. The van der Waals surface area contributed by atoms with E-state index in [4.69, 9.17) is 5.73 Å². The molecule has 0 radical (unpaired) electrons. The van der Waals surface area contributed by atoms with E-state index in [0.29, 0.717) is 0 Å². The van der Waals surface area contributed by atoms with Gasteiger partial charge in [0.1, 0.15) is 5.65 Å². The molecular formula is C11H12BrN3. The summed E-state index contributed by atoms with van der Waals surface area (Å²) in [4.78, 5) is 4.62. The van der Waals surface area contributed by atoms with Gasteiger partial charge in [-0.15, -0.1) is 0 Å². The number of imidazole rings is 1. The van der Waals surface area contributed by atoms with Crippen LogP contribution in [0.15, 0.2) is 22.8 Å². The lowest BCUT2D eigenvalue weighted by molar-refractivity contribution is 0.560. The molecule has 1 atom stereocenters. The number of hydrogen-bond donors (Lipinski definition) is 1. The summed E-state index contributed by atoms with van der Waals surface area (Å²) in [5.41, 5.74) is 9.51. The number of hydrogen-bond acceptors (Lipinski definition) is 2. The SMILES string of the molecule is NC1CCc2nc3ccc(Br)cn3c2C1. The summed E-state index contributed by atoms with van der Waals surface area (Å²) in [7, 11) is 0. The minimum Gasteiger partial charge on any atom is -0.327 e. The summed E-state index contributed by atoms with van der Waals surface area (Å²) in [6.45, 7) is 0. The average Bonchev–Trinajstić information content (AvgIpc) is 2.56. The van der Waals surface area contributed by atoms with Crippen molar-refractivity contribution in [1.29, 1.82) is 0 Å². The Balaban J connectivity index is 2.25. The van der Waals surface area contributed by atoms with Crippen LogP contribution in [-0.2, 0) is 12.8 Å². The molecule has 2 aromatic heterocycles. The zero-order chi connectivity index (χ0) is 10.4. The number of fused-ring (bicyclic) bond motifs is 3. The van der Waals surface area contributed by atoms with Crippen LogP contribution in [0, 0.1) is 0 Å². The Morgan fingerprint density at radius 2 is 2.33 bits per heavy atom.